The summed E-state index contributed by atoms with van der Waals surface area (Å²) in [4.78, 5) is 11.0. The largest absolute Gasteiger partial charge is 0.390 e. The van der Waals surface area contributed by atoms with Crippen molar-refractivity contribution >= 4 is 5.82 Å². The second-order valence-corrected chi connectivity index (χ2v) is 7.83. The van der Waals surface area contributed by atoms with Gasteiger partial charge in [-0.25, -0.2) is 4.98 Å². The van der Waals surface area contributed by atoms with Crippen molar-refractivity contribution in [2.24, 2.45) is 0 Å². The smallest absolute Gasteiger partial charge is 0.258 e. The van der Waals surface area contributed by atoms with E-state index in [4.69, 9.17) is 4.52 Å². The zero-order chi connectivity index (χ0) is 20.2. The highest BCUT2D eigenvalue weighted by atomic mass is 16.5. The molecular formula is C22H27N5O2. The van der Waals surface area contributed by atoms with Gasteiger partial charge in [0.2, 0.25) is 0 Å². The maximum absolute atomic E-state index is 10.5. The number of nitrogens with one attached hydrogen (secondary N) is 1. The first-order valence-corrected chi connectivity index (χ1v) is 10.1. The van der Waals surface area contributed by atoms with Crippen molar-refractivity contribution in [2.75, 3.05) is 25.0 Å². The van der Waals surface area contributed by atoms with Crippen LogP contribution < -0.4 is 5.32 Å². The molecule has 1 aliphatic rings. The summed E-state index contributed by atoms with van der Waals surface area (Å²) in [6.07, 6.45) is 2.24. The molecule has 0 bridgehead atoms. The number of aromatic nitrogens is 3. The third-order valence-corrected chi connectivity index (χ3v) is 5.16. The summed E-state index contributed by atoms with van der Waals surface area (Å²) in [5.74, 6) is 2.05. The lowest BCUT2D eigenvalue weighted by atomic mass is 10.00. The van der Waals surface area contributed by atoms with Crippen LogP contribution in [0.5, 0.6) is 0 Å². The van der Waals surface area contributed by atoms with Crippen LogP contribution >= 0.6 is 0 Å². The van der Waals surface area contributed by atoms with Crippen molar-refractivity contribution in [1.82, 2.24) is 20.0 Å². The van der Waals surface area contributed by atoms with Crippen LogP contribution in [0.15, 0.2) is 47.1 Å². The Hall–Kier alpha value is -2.77. The van der Waals surface area contributed by atoms with Gasteiger partial charge in [-0.05, 0) is 29.7 Å². The maximum atomic E-state index is 10.5. The Kier molecular flexibility index (Phi) is 5.87. The topological polar surface area (TPSA) is 87.3 Å². The molecule has 7 nitrogen and oxygen atoms in total. The van der Waals surface area contributed by atoms with E-state index in [2.05, 4.69) is 49.6 Å². The van der Waals surface area contributed by atoms with Gasteiger partial charge in [0.05, 0.1) is 6.10 Å². The fourth-order valence-electron chi connectivity index (χ4n) is 3.54. The molecule has 1 atom stereocenters. The zero-order valence-corrected chi connectivity index (χ0v) is 16.9. The van der Waals surface area contributed by atoms with Crippen LogP contribution in [0.4, 0.5) is 5.82 Å². The quantitative estimate of drug-likeness (QED) is 0.638. The van der Waals surface area contributed by atoms with Gasteiger partial charge in [0.25, 0.3) is 5.89 Å². The number of hydrogen-bond acceptors (Lipinski definition) is 7. The molecule has 0 fully saturated rings. The second-order valence-electron chi connectivity index (χ2n) is 7.83. The van der Waals surface area contributed by atoms with Gasteiger partial charge < -0.3 is 14.9 Å². The molecular weight excluding hydrogens is 366 g/mol. The Morgan fingerprint density at radius 3 is 2.83 bits per heavy atom. The number of β-amino-alcohol motifs (C(OH)–C–C–N with tert-alkyl or cyclic N) is 1. The van der Waals surface area contributed by atoms with E-state index in [0.717, 1.165) is 25.1 Å². The molecule has 29 heavy (non-hydrogen) atoms. The zero-order valence-electron chi connectivity index (χ0n) is 16.9. The van der Waals surface area contributed by atoms with E-state index < -0.39 is 6.10 Å². The average molecular weight is 393 g/mol. The average Bonchev–Trinajstić information content (AvgIpc) is 3.23. The number of fused-ring (bicyclic) bond motifs is 1. The Balaban J connectivity index is 1.32. The van der Waals surface area contributed by atoms with E-state index in [0.29, 0.717) is 30.6 Å². The van der Waals surface area contributed by atoms with Crippen LogP contribution in [0.3, 0.4) is 0 Å². The van der Waals surface area contributed by atoms with Crippen LogP contribution in [-0.2, 0) is 13.0 Å². The van der Waals surface area contributed by atoms with Gasteiger partial charge in [0, 0.05) is 43.9 Å². The first-order chi connectivity index (χ1) is 14.1. The number of hydrogen-bond donors (Lipinski definition) is 2. The van der Waals surface area contributed by atoms with E-state index >= 15 is 0 Å². The lowest BCUT2D eigenvalue weighted by molar-refractivity contribution is 0.114. The van der Waals surface area contributed by atoms with Crippen LogP contribution in [0.25, 0.3) is 11.5 Å². The van der Waals surface area contributed by atoms with E-state index in [9.17, 15) is 5.11 Å². The van der Waals surface area contributed by atoms with Gasteiger partial charge in [-0.15, -0.1) is 0 Å². The number of rotatable bonds is 7. The van der Waals surface area contributed by atoms with Crippen LogP contribution in [0.2, 0.25) is 0 Å². The van der Waals surface area contributed by atoms with Crippen LogP contribution in [0, 0.1) is 0 Å². The molecule has 4 rings (SSSR count). The summed E-state index contributed by atoms with van der Waals surface area (Å²) < 4.78 is 5.35. The minimum atomic E-state index is -0.485. The minimum Gasteiger partial charge on any atom is -0.390 e. The van der Waals surface area contributed by atoms with E-state index in [1.165, 1.54) is 11.1 Å². The van der Waals surface area contributed by atoms with Crippen molar-refractivity contribution in [3.8, 4) is 11.5 Å². The molecule has 3 aromatic rings. The molecule has 0 saturated carbocycles. The Bertz CT molecular complexity index is 956. The van der Waals surface area contributed by atoms with Gasteiger partial charge >= 0.3 is 0 Å². The van der Waals surface area contributed by atoms with Crippen molar-refractivity contribution in [1.29, 1.82) is 0 Å². The summed E-state index contributed by atoms with van der Waals surface area (Å²) in [7, 11) is 0. The molecule has 0 aliphatic carbocycles. The summed E-state index contributed by atoms with van der Waals surface area (Å²) in [6.45, 7) is 6.96. The summed E-state index contributed by atoms with van der Waals surface area (Å²) in [5.41, 5.74) is 3.58. The fourth-order valence-corrected chi connectivity index (χ4v) is 3.54. The first-order valence-electron chi connectivity index (χ1n) is 10.1. The summed E-state index contributed by atoms with van der Waals surface area (Å²) >= 11 is 0. The van der Waals surface area contributed by atoms with Crippen molar-refractivity contribution in [2.45, 2.75) is 38.8 Å². The monoisotopic (exact) mass is 393 g/mol. The van der Waals surface area contributed by atoms with Crippen LogP contribution in [0.1, 0.15) is 36.7 Å². The predicted molar refractivity (Wildman–Crippen MR) is 112 cm³/mol. The minimum absolute atomic E-state index is 0.212. The van der Waals surface area contributed by atoms with Crippen molar-refractivity contribution in [3.63, 3.8) is 0 Å². The predicted octanol–water partition coefficient (Wildman–Crippen LogP) is 3.09. The number of aliphatic hydroxyl groups is 1. The van der Waals surface area contributed by atoms with Gasteiger partial charge in [0.15, 0.2) is 5.82 Å². The summed E-state index contributed by atoms with van der Waals surface area (Å²) in [6, 6.07) is 12.2. The molecule has 7 heteroatoms. The molecule has 1 aliphatic heterocycles. The maximum Gasteiger partial charge on any atom is 0.258 e. The number of benzene rings is 1. The van der Waals surface area contributed by atoms with Gasteiger partial charge in [-0.3, -0.25) is 4.90 Å². The van der Waals surface area contributed by atoms with Crippen molar-refractivity contribution < 1.29 is 9.63 Å². The highest BCUT2D eigenvalue weighted by molar-refractivity contribution is 5.57. The number of aliphatic hydroxyl groups excluding tert-OH is 1. The van der Waals surface area contributed by atoms with E-state index in [-0.39, 0.29) is 5.92 Å². The van der Waals surface area contributed by atoms with Crippen LogP contribution in [-0.4, -0.2) is 50.9 Å². The molecule has 152 valence electrons. The molecule has 0 radical (unpaired) electrons. The number of nitrogens with zero attached hydrogens (tertiary/aromatic N) is 4. The third kappa shape index (κ3) is 4.81. The number of pyridine rings is 1. The molecule has 0 spiro atoms. The SMILES string of the molecule is CC(C)c1noc(-c2ccnc(NCC(O)CN3CCc4ccccc4C3)c2)n1. The lowest BCUT2D eigenvalue weighted by Gasteiger charge is -2.30. The Labute approximate surface area is 170 Å². The normalized spacial score (nSPS) is 15.3. The second kappa shape index (κ2) is 8.71. The molecule has 2 N–H and O–H groups in total. The standard InChI is InChI=1S/C22H27N5O2/c1-15(2)21-25-22(29-26-21)17-7-9-23-20(11-17)24-12-19(28)14-27-10-8-16-5-3-4-6-18(16)13-27/h3-7,9,11,15,19,28H,8,10,12-14H2,1-2H3,(H,23,24). The lowest BCUT2D eigenvalue weighted by Crippen LogP contribution is -2.39. The molecule has 0 saturated heterocycles. The molecule has 2 aromatic heterocycles. The first kappa shape index (κ1) is 19.5. The highest BCUT2D eigenvalue weighted by Gasteiger charge is 2.18. The molecule has 0 amide bonds. The third-order valence-electron chi connectivity index (χ3n) is 5.16. The Morgan fingerprint density at radius 1 is 1.21 bits per heavy atom. The highest BCUT2D eigenvalue weighted by Crippen LogP contribution is 2.22. The molecule has 1 aromatic carbocycles. The van der Waals surface area contributed by atoms with Gasteiger partial charge in [-0.1, -0.05) is 43.3 Å². The van der Waals surface area contributed by atoms with Gasteiger partial charge in [-0.2, -0.15) is 4.98 Å². The van der Waals surface area contributed by atoms with E-state index in [1.807, 2.05) is 26.0 Å². The van der Waals surface area contributed by atoms with E-state index in [1.54, 1.807) is 6.20 Å². The fraction of sp³-hybridized carbons (Fsp3) is 0.409. The molecule has 1 unspecified atom stereocenters. The van der Waals surface area contributed by atoms with Gasteiger partial charge in [0.1, 0.15) is 5.82 Å². The summed E-state index contributed by atoms with van der Waals surface area (Å²) in [5, 5.41) is 17.7. The van der Waals surface area contributed by atoms with Crippen molar-refractivity contribution in [3.05, 3.63) is 59.5 Å². The number of anilines is 1. The molecule has 3 heterocycles. The Morgan fingerprint density at radius 2 is 2.03 bits per heavy atom.